The van der Waals surface area contributed by atoms with Crippen LogP contribution in [0.3, 0.4) is 0 Å². The molecule has 4 aromatic rings. The van der Waals surface area contributed by atoms with Crippen LogP contribution in [0.25, 0.3) is 33.5 Å². The van der Waals surface area contributed by atoms with Gasteiger partial charge in [-0.3, -0.25) is 0 Å². The Morgan fingerprint density at radius 2 is 1.69 bits per heavy atom. The molecule has 1 unspecified atom stereocenters. The minimum absolute atomic E-state index is 0.0395. The molecule has 0 amide bonds. The van der Waals surface area contributed by atoms with E-state index < -0.39 is 0 Å². The average Bonchev–Trinajstić information content (AvgIpc) is 3.51. The van der Waals surface area contributed by atoms with Gasteiger partial charge in [0.25, 0.3) is 6.01 Å². The first kappa shape index (κ1) is 19.7. The predicted molar refractivity (Wildman–Crippen MR) is 123 cm³/mol. The summed E-state index contributed by atoms with van der Waals surface area (Å²) in [4.78, 5) is 12.4. The van der Waals surface area contributed by atoms with Crippen LogP contribution in [0.1, 0.15) is 12.0 Å². The highest BCUT2D eigenvalue weighted by atomic mass is 35.5. The molecule has 2 fully saturated rings. The lowest BCUT2D eigenvalue weighted by molar-refractivity contribution is 0.0273. The number of benzene rings is 2. The monoisotopic (exact) mass is 447 g/mol. The molecule has 0 radical (unpaired) electrons. The molecule has 6 rings (SSSR count). The Labute approximate surface area is 190 Å². The number of aryl methyl sites for hydroxylation is 1. The van der Waals surface area contributed by atoms with Crippen molar-refractivity contribution in [1.29, 1.82) is 0 Å². The van der Waals surface area contributed by atoms with E-state index in [2.05, 4.69) is 53.3 Å². The number of imidazole rings is 1. The third kappa shape index (κ3) is 3.54. The van der Waals surface area contributed by atoms with Gasteiger partial charge in [-0.1, -0.05) is 65.7 Å². The fourth-order valence-corrected chi connectivity index (χ4v) is 4.66. The van der Waals surface area contributed by atoms with E-state index in [0.29, 0.717) is 35.6 Å². The van der Waals surface area contributed by atoms with E-state index in [1.165, 1.54) is 11.1 Å². The highest BCUT2D eigenvalue weighted by Crippen LogP contribution is 2.33. The molecule has 0 aliphatic carbocycles. The molecule has 2 saturated heterocycles. The summed E-state index contributed by atoms with van der Waals surface area (Å²) in [7, 11) is 0. The predicted octanol–water partition coefficient (Wildman–Crippen LogP) is 5.19. The molecular weight excluding hydrogens is 426 g/mol. The second-order valence-corrected chi connectivity index (χ2v) is 8.73. The summed E-state index contributed by atoms with van der Waals surface area (Å²) in [5.74, 6) is 0. The van der Waals surface area contributed by atoms with Crippen LogP contribution in [0.2, 0.25) is 5.02 Å². The van der Waals surface area contributed by atoms with Crippen molar-refractivity contribution in [3.8, 4) is 28.4 Å². The number of halogens is 1. The van der Waals surface area contributed by atoms with Crippen LogP contribution >= 0.6 is 11.6 Å². The summed E-state index contributed by atoms with van der Waals surface area (Å²) in [6.07, 6.45) is 0.814. The van der Waals surface area contributed by atoms with E-state index >= 15 is 0 Å². The topological polar surface area (TPSA) is 69.3 Å². The third-order valence-electron chi connectivity index (χ3n) is 6.13. The van der Waals surface area contributed by atoms with Gasteiger partial charge in [0, 0.05) is 12.2 Å². The van der Waals surface area contributed by atoms with Crippen LogP contribution in [0.4, 0.5) is 0 Å². The van der Waals surface area contributed by atoms with E-state index in [-0.39, 0.29) is 18.3 Å². The molecule has 0 bridgehead atoms. The number of hydrogen-bond donors (Lipinski definition) is 1. The minimum Gasteiger partial charge on any atom is -0.456 e. The molecule has 2 aliphatic heterocycles. The van der Waals surface area contributed by atoms with Crippen molar-refractivity contribution < 1.29 is 14.2 Å². The summed E-state index contributed by atoms with van der Waals surface area (Å²) < 4.78 is 17.5. The molecule has 7 heteroatoms. The van der Waals surface area contributed by atoms with Gasteiger partial charge in [0.1, 0.15) is 6.10 Å². The first-order chi connectivity index (χ1) is 15.6. The lowest BCUT2D eigenvalue weighted by Gasteiger charge is -2.15. The quantitative estimate of drug-likeness (QED) is 0.466. The van der Waals surface area contributed by atoms with E-state index in [0.717, 1.165) is 23.1 Å². The number of fused-ring (bicyclic) bond motifs is 2. The molecule has 3 atom stereocenters. The number of nitrogens with one attached hydrogen (secondary N) is 1. The number of rotatable bonds is 4. The standard InChI is InChI=1S/C25H22ClN3O3/c1-14-2-4-15(5-3-14)16-6-8-17(9-7-16)22-18(26)12-19-24(28-22)29-25(27-19)32-21-13-31-20-10-11-30-23(20)21/h2-9,12,20-21,23H,10-11,13H2,1H3,(H,27,28,29)/t20-,21?,23+/m1/s1. The molecule has 4 heterocycles. The zero-order valence-corrected chi connectivity index (χ0v) is 18.3. The van der Waals surface area contributed by atoms with Gasteiger partial charge in [-0.15, -0.1) is 0 Å². The molecule has 0 spiro atoms. The van der Waals surface area contributed by atoms with Crippen LogP contribution in [0.15, 0.2) is 54.6 Å². The number of hydrogen-bond acceptors (Lipinski definition) is 5. The van der Waals surface area contributed by atoms with Crippen molar-refractivity contribution in [3.63, 3.8) is 0 Å². The highest BCUT2D eigenvalue weighted by Gasteiger charge is 2.43. The molecule has 2 aromatic heterocycles. The van der Waals surface area contributed by atoms with E-state index in [1.54, 1.807) is 0 Å². The minimum atomic E-state index is -0.174. The first-order valence-corrected chi connectivity index (χ1v) is 11.2. The van der Waals surface area contributed by atoms with Gasteiger partial charge in [-0.25, -0.2) is 4.98 Å². The fourth-order valence-electron chi connectivity index (χ4n) is 4.40. The summed E-state index contributed by atoms with van der Waals surface area (Å²) in [6.45, 7) is 3.29. The number of aromatic nitrogens is 3. The molecule has 32 heavy (non-hydrogen) atoms. The van der Waals surface area contributed by atoms with Crippen molar-refractivity contribution in [3.05, 3.63) is 65.2 Å². The number of nitrogens with zero attached hydrogens (tertiary/aromatic N) is 2. The Morgan fingerprint density at radius 3 is 2.47 bits per heavy atom. The van der Waals surface area contributed by atoms with Crippen molar-refractivity contribution in [2.24, 2.45) is 0 Å². The SMILES string of the molecule is Cc1ccc(-c2ccc(-c3nc4nc(OC5CO[C@@H]6CCO[C@H]56)[nH]c4cc3Cl)cc2)cc1. The number of pyridine rings is 1. The maximum absolute atomic E-state index is 6.57. The molecule has 2 aromatic carbocycles. The van der Waals surface area contributed by atoms with Crippen LogP contribution in [0.5, 0.6) is 6.01 Å². The Kier molecular flexibility index (Phi) is 4.86. The zero-order chi connectivity index (χ0) is 21.7. The van der Waals surface area contributed by atoms with Gasteiger partial charge in [0.05, 0.1) is 28.9 Å². The lowest BCUT2D eigenvalue weighted by atomic mass is 10.0. The largest absolute Gasteiger partial charge is 0.456 e. The summed E-state index contributed by atoms with van der Waals surface area (Å²) in [5, 5.41) is 0.555. The van der Waals surface area contributed by atoms with Crippen molar-refractivity contribution in [2.75, 3.05) is 13.2 Å². The fraction of sp³-hybridized carbons (Fsp3) is 0.280. The molecular formula is C25H22ClN3O3. The molecule has 162 valence electrons. The Bertz CT molecular complexity index is 1270. The zero-order valence-electron chi connectivity index (χ0n) is 17.5. The van der Waals surface area contributed by atoms with E-state index in [4.69, 9.17) is 30.8 Å². The van der Waals surface area contributed by atoms with Gasteiger partial charge in [-0.05, 0) is 30.5 Å². The molecule has 0 saturated carbocycles. The van der Waals surface area contributed by atoms with Gasteiger partial charge in [-0.2, -0.15) is 4.98 Å². The van der Waals surface area contributed by atoms with Crippen molar-refractivity contribution >= 4 is 22.8 Å². The molecule has 6 nitrogen and oxygen atoms in total. The van der Waals surface area contributed by atoms with Gasteiger partial charge >= 0.3 is 0 Å². The summed E-state index contributed by atoms with van der Waals surface area (Å²) >= 11 is 6.57. The average molecular weight is 448 g/mol. The summed E-state index contributed by atoms with van der Waals surface area (Å²) in [6, 6.07) is 19.0. The van der Waals surface area contributed by atoms with Crippen molar-refractivity contribution in [2.45, 2.75) is 31.7 Å². The van der Waals surface area contributed by atoms with Crippen molar-refractivity contribution in [1.82, 2.24) is 15.0 Å². The van der Waals surface area contributed by atoms with Crippen LogP contribution < -0.4 is 4.74 Å². The second-order valence-electron chi connectivity index (χ2n) is 8.33. The van der Waals surface area contributed by atoms with Crippen LogP contribution in [-0.2, 0) is 9.47 Å². The number of ether oxygens (including phenoxy) is 3. The van der Waals surface area contributed by atoms with E-state index in [1.807, 2.05) is 18.2 Å². The Hall–Kier alpha value is -2.93. The number of aromatic amines is 1. The highest BCUT2D eigenvalue weighted by molar-refractivity contribution is 6.33. The van der Waals surface area contributed by atoms with Gasteiger partial charge in [0.15, 0.2) is 11.8 Å². The second kappa shape index (κ2) is 7.89. The smallest absolute Gasteiger partial charge is 0.296 e. The Balaban J connectivity index is 1.26. The molecule has 2 aliphatic rings. The van der Waals surface area contributed by atoms with Gasteiger partial charge in [0.2, 0.25) is 0 Å². The Morgan fingerprint density at radius 1 is 0.969 bits per heavy atom. The summed E-state index contributed by atoms with van der Waals surface area (Å²) in [5.41, 5.74) is 6.48. The lowest BCUT2D eigenvalue weighted by Crippen LogP contribution is -2.32. The maximum atomic E-state index is 6.57. The van der Waals surface area contributed by atoms with E-state index in [9.17, 15) is 0 Å². The van der Waals surface area contributed by atoms with Crippen LogP contribution in [-0.4, -0.2) is 46.5 Å². The number of H-pyrrole nitrogens is 1. The third-order valence-corrected chi connectivity index (χ3v) is 6.42. The first-order valence-electron chi connectivity index (χ1n) is 10.8. The normalized spacial score (nSPS) is 22.4. The molecule has 1 N–H and O–H groups in total. The maximum Gasteiger partial charge on any atom is 0.296 e. The van der Waals surface area contributed by atoms with Crippen LogP contribution in [0, 0.1) is 6.92 Å². The van der Waals surface area contributed by atoms with Gasteiger partial charge < -0.3 is 19.2 Å².